The number of ether oxygens (including phenoxy) is 2. The molecule has 8 heteroatoms. The van der Waals surface area contributed by atoms with Crippen molar-refractivity contribution in [1.29, 1.82) is 0 Å². The highest BCUT2D eigenvalue weighted by Crippen LogP contribution is 2.30. The average molecular weight is 333 g/mol. The molecule has 23 heavy (non-hydrogen) atoms. The number of aromatic amines is 1. The second-order valence-electron chi connectivity index (χ2n) is 4.79. The first-order valence-corrected chi connectivity index (χ1v) is 8.20. The zero-order valence-electron chi connectivity index (χ0n) is 12.5. The van der Waals surface area contributed by atoms with Gasteiger partial charge in [-0.3, -0.25) is 9.82 Å². The van der Waals surface area contributed by atoms with E-state index in [1.807, 2.05) is 0 Å². The van der Waals surface area contributed by atoms with Crippen LogP contribution >= 0.6 is 0 Å². The molecule has 1 aromatic heterocycles. The van der Waals surface area contributed by atoms with Crippen molar-refractivity contribution in [1.82, 2.24) is 10.2 Å². The molecule has 0 bridgehead atoms. The molecule has 0 unspecified atom stereocenters. The summed E-state index contributed by atoms with van der Waals surface area (Å²) in [6, 6.07) is 9.56. The first-order chi connectivity index (χ1) is 11.0. The van der Waals surface area contributed by atoms with Crippen LogP contribution < -0.4 is 14.2 Å². The third kappa shape index (κ3) is 2.93. The van der Waals surface area contributed by atoms with Crippen molar-refractivity contribution in [3.05, 3.63) is 42.6 Å². The molecule has 7 nitrogen and oxygen atoms in total. The summed E-state index contributed by atoms with van der Waals surface area (Å²) < 4.78 is 37.8. The Bertz CT molecular complexity index is 950. The summed E-state index contributed by atoms with van der Waals surface area (Å²) in [6.07, 6.45) is 1.67. The number of hydrogen-bond acceptors (Lipinski definition) is 5. The number of fused-ring (bicyclic) bond motifs is 1. The highest BCUT2D eigenvalue weighted by Gasteiger charge is 2.17. The van der Waals surface area contributed by atoms with Gasteiger partial charge in [0.25, 0.3) is 10.0 Å². The van der Waals surface area contributed by atoms with E-state index in [2.05, 4.69) is 14.9 Å². The Morgan fingerprint density at radius 1 is 1.04 bits per heavy atom. The highest BCUT2D eigenvalue weighted by molar-refractivity contribution is 7.92. The molecule has 3 aromatic rings. The maximum atomic E-state index is 12.5. The first-order valence-electron chi connectivity index (χ1n) is 6.71. The number of hydrogen-bond donors (Lipinski definition) is 2. The standard InChI is InChI=1S/C15H15N3O4S/c1-21-14-6-5-12(8-15(14)22-2)23(19,20)18-11-4-3-10-9-16-17-13(10)7-11/h3-9,18H,1-2H3,(H,16,17). The van der Waals surface area contributed by atoms with Crippen LogP contribution in [0.4, 0.5) is 5.69 Å². The van der Waals surface area contributed by atoms with Gasteiger partial charge in [-0.05, 0) is 30.3 Å². The number of sulfonamides is 1. The van der Waals surface area contributed by atoms with Crippen LogP contribution in [0.1, 0.15) is 0 Å². The second-order valence-corrected chi connectivity index (χ2v) is 6.48. The normalized spacial score (nSPS) is 11.4. The van der Waals surface area contributed by atoms with Crippen LogP contribution in [0.15, 0.2) is 47.5 Å². The maximum absolute atomic E-state index is 12.5. The molecule has 2 N–H and O–H groups in total. The van der Waals surface area contributed by atoms with Gasteiger partial charge < -0.3 is 9.47 Å². The van der Waals surface area contributed by atoms with E-state index in [9.17, 15) is 8.42 Å². The molecule has 1 heterocycles. The van der Waals surface area contributed by atoms with Gasteiger partial charge in [-0.15, -0.1) is 0 Å². The second kappa shape index (κ2) is 5.81. The lowest BCUT2D eigenvalue weighted by molar-refractivity contribution is 0.354. The molecule has 0 saturated heterocycles. The third-order valence-corrected chi connectivity index (χ3v) is 4.74. The molecule has 0 aliphatic rings. The summed E-state index contributed by atoms with van der Waals surface area (Å²) in [7, 11) is -0.800. The minimum atomic E-state index is -3.74. The fourth-order valence-electron chi connectivity index (χ4n) is 2.20. The summed E-state index contributed by atoms with van der Waals surface area (Å²) in [5.41, 5.74) is 1.19. The number of H-pyrrole nitrogens is 1. The maximum Gasteiger partial charge on any atom is 0.262 e. The van der Waals surface area contributed by atoms with E-state index in [1.165, 1.54) is 26.4 Å². The van der Waals surface area contributed by atoms with Crippen molar-refractivity contribution in [3.8, 4) is 11.5 Å². The van der Waals surface area contributed by atoms with Gasteiger partial charge in [0.2, 0.25) is 0 Å². The Hall–Kier alpha value is -2.74. The van der Waals surface area contributed by atoms with E-state index in [-0.39, 0.29) is 4.90 Å². The van der Waals surface area contributed by atoms with Crippen molar-refractivity contribution >= 4 is 26.6 Å². The molecular formula is C15H15N3O4S. The fourth-order valence-corrected chi connectivity index (χ4v) is 3.26. The Morgan fingerprint density at radius 2 is 1.83 bits per heavy atom. The molecule has 0 atom stereocenters. The predicted molar refractivity (Wildman–Crippen MR) is 86.4 cm³/mol. The molecule has 0 spiro atoms. The molecule has 0 saturated carbocycles. The van der Waals surface area contributed by atoms with Crippen LogP contribution in [0.2, 0.25) is 0 Å². The van der Waals surface area contributed by atoms with Gasteiger partial charge in [-0.25, -0.2) is 8.42 Å². The summed E-state index contributed by atoms with van der Waals surface area (Å²) in [5, 5.41) is 7.61. The average Bonchev–Trinajstić information content (AvgIpc) is 3.01. The first kappa shape index (κ1) is 15.2. The Labute approximate surface area is 133 Å². The van der Waals surface area contributed by atoms with Crippen molar-refractivity contribution in [2.75, 3.05) is 18.9 Å². The van der Waals surface area contributed by atoms with Crippen LogP contribution in [0, 0.1) is 0 Å². The molecule has 0 amide bonds. The lowest BCUT2D eigenvalue weighted by atomic mass is 10.2. The number of aromatic nitrogens is 2. The molecule has 0 radical (unpaired) electrons. The topological polar surface area (TPSA) is 93.3 Å². The Morgan fingerprint density at radius 3 is 2.57 bits per heavy atom. The summed E-state index contributed by atoms with van der Waals surface area (Å²) in [6.45, 7) is 0. The lowest BCUT2D eigenvalue weighted by Gasteiger charge is -2.11. The zero-order valence-corrected chi connectivity index (χ0v) is 13.3. The van der Waals surface area contributed by atoms with Gasteiger partial charge in [0.1, 0.15) is 0 Å². The van der Waals surface area contributed by atoms with Gasteiger partial charge in [0.05, 0.1) is 36.5 Å². The van der Waals surface area contributed by atoms with E-state index >= 15 is 0 Å². The third-order valence-electron chi connectivity index (χ3n) is 3.36. The van der Waals surface area contributed by atoms with Crippen LogP contribution in [-0.4, -0.2) is 32.8 Å². The highest BCUT2D eigenvalue weighted by atomic mass is 32.2. The van der Waals surface area contributed by atoms with Crippen LogP contribution in [0.3, 0.4) is 0 Å². The van der Waals surface area contributed by atoms with Gasteiger partial charge in [0.15, 0.2) is 11.5 Å². The summed E-state index contributed by atoms with van der Waals surface area (Å²) >= 11 is 0. The van der Waals surface area contributed by atoms with Gasteiger partial charge >= 0.3 is 0 Å². The smallest absolute Gasteiger partial charge is 0.262 e. The number of nitrogens with one attached hydrogen (secondary N) is 2. The van der Waals surface area contributed by atoms with Crippen molar-refractivity contribution in [2.24, 2.45) is 0 Å². The number of anilines is 1. The molecule has 0 aliphatic heterocycles. The molecule has 2 aromatic carbocycles. The summed E-state index contributed by atoms with van der Waals surface area (Å²) in [5.74, 6) is 0.810. The molecule has 0 fully saturated rings. The molecule has 3 rings (SSSR count). The van der Waals surface area contributed by atoms with E-state index in [0.717, 1.165) is 10.9 Å². The Kier molecular flexibility index (Phi) is 3.83. The minimum absolute atomic E-state index is 0.0832. The quantitative estimate of drug-likeness (QED) is 0.748. The zero-order chi connectivity index (χ0) is 16.4. The molecule has 0 aliphatic carbocycles. The van der Waals surface area contributed by atoms with Gasteiger partial charge in [-0.2, -0.15) is 5.10 Å². The Balaban J connectivity index is 1.94. The molecule has 120 valence electrons. The van der Waals surface area contributed by atoms with Gasteiger partial charge in [0, 0.05) is 11.5 Å². The van der Waals surface area contributed by atoms with E-state index in [4.69, 9.17) is 9.47 Å². The monoisotopic (exact) mass is 333 g/mol. The largest absolute Gasteiger partial charge is 0.493 e. The number of rotatable bonds is 5. The van der Waals surface area contributed by atoms with E-state index in [0.29, 0.717) is 17.2 Å². The van der Waals surface area contributed by atoms with E-state index in [1.54, 1.807) is 30.5 Å². The summed E-state index contributed by atoms with van der Waals surface area (Å²) in [4.78, 5) is 0.0832. The number of nitrogens with zero attached hydrogens (tertiary/aromatic N) is 1. The molecular weight excluding hydrogens is 318 g/mol. The fraction of sp³-hybridized carbons (Fsp3) is 0.133. The SMILES string of the molecule is COc1ccc(S(=O)(=O)Nc2ccc3cn[nH]c3c2)cc1OC. The van der Waals surface area contributed by atoms with Crippen molar-refractivity contribution in [3.63, 3.8) is 0 Å². The van der Waals surface area contributed by atoms with Crippen molar-refractivity contribution < 1.29 is 17.9 Å². The number of methoxy groups -OCH3 is 2. The minimum Gasteiger partial charge on any atom is -0.493 e. The van der Waals surface area contributed by atoms with Crippen LogP contribution in [0.5, 0.6) is 11.5 Å². The van der Waals surface area contributed by atoms with E-state index < -0.39 is 10.0 Å². The predicted octanol–water partition coefficient (Wildman–Crippen LogP) is 2.38. The van der Waals surface area contributed by atoms with Crippen LogP contribution in [-0.2, 0) is 10.0 Å². The van der Waals surface area contributed by atoms with Gasteiger partial charge in [-0.1, -0.05) is 0 Å². The van der Waals surface area contributed by atoms with Crippen molar-refractivity contribution in [2.45, 2.75) is 4.90 Å². The van der Waals surface area contributed by atoms with Crippen LogP contribution in [0.25, 0.3) is 10.9 Å². The number of benzene rings is 2. The lowest BCUT2D eigenvalue weighted by Crippen LogP contribution is -2.13.